The third-order valence-electron chi connectivity index (χ3n) is 5.11. The second-order valence-corrected chi connectivity index (χ2v) is 9.28. The highest BCUT2D eigenvalue weighted by Gasteiger charge is 2.33. The molecule has 3 aromatic rings. The van der Waals surface area contributed by atoms with Crippen molar-refractivity contribution in [2.45, 2.75) is 19.9 Å². The van der Waals surface area contributed by atoms with Crippen LogP contribution in [0.1, 0.15) is 31.0 Å². The number of carbonyl (C=O) groups is 1. The molecule has 4 rings (SSSR count). The molecule has 1 aliphatic heterocycles. The molecular formula is C24H21IN2O4S. The Kier molecular flexibility index (Phi) is 6.61. The fourth-order valence-corrected chi connectivity index (χ4v) is 5.47. The topological polar surface area (TPSA) is 69.9 Å². The summed E-state index contributed by atoms with van der Waals surface area (Å²) < 4.78 is 13.7. The lowest BCUT2D eigenvalue weighted by atomic mass is 9.96. The molecule has 0 aliphatic carbocycles. The lowest BCUT2D eigenvalue weighted by Gasteiger charge is -2.24. The van der Waals surface area contributed by atoms with Crippen molar-refractivity contribution in [1.29, 1.82) is 0 Å². The van der Waals surface area contributed by atoms with Gasteiger partial charge in [0.1, 0.15) is 5.75 Å². The number of benzene rings is 2. The molecular weight excluding hydrogens is 539 g/mol. The molecule has 0 bridgehead atoms. The Morgan fingerprint density at radius 1 is 1.25 bits per heavy atom. The molecule has 0 saturated carbocycles. The van der Waals surface area contributed by atoms with Crippen molar-refractivity contribution < 1.29 is 14.3 Å². The molecule has 6 nitrogen and oxygen atoms in total. The zero-order valence-corrected chi connectivity index (χ0v) is 20.8. The molecule has 0 spiro atoms. The van der Waals surface area contributed by atoms with Gasteiger partial charge < -0.3 is 9.47 Å². The van der Waals surface area contributed by atoms with Crippen molar-refractivity contribution in [2.24, 2.45) is 4.99 Å². The number of ether oxygens (including phenoxy) is 2. The first kappa shape index (κ1) is 22.5. The van der Waals surface area contributed by atoms with Gasteiger partial charge in [-0.25, -0.2) is 9.79 Å². The summed E-state index contributed by atoms with van der Waals surface area (Å²) in [5.41, 5.74) is 2.47. The molecule has 8 heteroatoms. The van der Waals surface area contributed by atoms with Crippen LogP contribution in [0.15, 0.2) is 69.6 Å². The molecule has 32 heavy (non-hydrogen) atoms. The third-order valence-corrected chi connectivity index (χ3v) is 6.93. The lowest BCUT2D eigenvalue weighted by molar-refractivity contribution is -0.139. The quantitative estimate of drug-likeness (QED) is 0.355. The standard InChI is InChI=1S/C24H21IN2O4S/c1-4-31-23(29)20-14(2)26-24-27(21(20)16-8-6-5-7-9-16)22(28)19(32-24)13-15-10-11-18(30-3)17(25)12-15/h5-13,21H,4H2,1-3H3. The maximum Gasteiger partial charge on any atom is 0.338 e. The van der Waals surface area contributed by atoms with Crippen LogP contribution in [0, 0.1) is 3.57 Å². The molecule has 2 heterocycles. The highest BCUT2D eigenvalue weighted by atomic mass is 127. The number of carbonyl (C=O) groups excluding carboxylic acids is 1. The van der Waals surface area contributed by atoms with Crippen LogP contribution in [0.25, 0.3) is 6.08 Å². The van der Waals surface area contributed by atoms with Crippen molar-refractivity contribution in [1.82, 2.24) is 4.57 Å². The van der Waals surface area contributed by atoms with Crippen LogP contribution in [0.2, 0.25) is 0 Å². The van der Waals surface area contributed by atoms with Gasteiger partial charge in [-0.05, 0) is 65.8 Å². The van der Waals surface area contributed by atoms with Gasteiger partial charge in [0.05, 0.1) is 39.1 Å². The molecule has 1 atom stereocenters. The van der Waals surface area contributed by atoms with E-state index in [1.165, 1.54) is 11.3 Å². The van der Waals surface area contributed by atoms with E-state index in [0.717, 1.165) is 20.4 Å². The number of fused-ring (bicyclic) bond motifs is 1. The minimum Gasteiger partial charge on any atom is -0.496 e. The summed E-state index contributed by atoms with van der Waals surface area (Å²) in [5, 5.41) is 0. The van der Waals surface area contributed by atoms with Crippen LogP contribution < -0.4 is 19.6 Å². The van der Waals surface area contributed by atoms with Crippen LogP contribution in [0.3, 0.4) is 0 Å². The van der Waals surface area contributed by atoms with Gasteiger partial charge in [0, 0.05) is 0 Å². The van der Waals surface area contributed by atoms with Crippen molar-refractivity contribution in [2.75, 3.05) is 13.7 Å². The summed E-state index contributed by atoms with van der Waals surface area (Å²) in [6.45, 7) is 3.79. The summed E-state index contributed by atoms with van der Waals surface area (Å²) in [6, 6.07) is 14.6. The van der Waals surface area contributed by atoms with E-state index in [1.807, 2.05) is 54.6 Å². The first-order valence-electron chi connectivity index (χ1n) is 10.0. The van der Waals surface area contributed by atoms with Crippen LogP contribution >= 0.6 is 33.9 Å². The first-order valence-corrected chi connectivity index (χ1v) is 11.9. The van der Waals surface area contributed by atoms with Gasteiger partial charge in [0.2, 0.25) is 0 Å². The van der Waals surface area contributed by atoms with E-state index >= 15 is 0 Å². The van der Waals surface area contributed by atoms with Gasteiger partial charge in [-0.3, -0.25) is 9.36 Å². The smallest absolute Gasteiger partial charge is 0.338 e. The van der Waals surface area contributed by atoms with E-state index < -0.39 is 12.0 Å². The highest BCUT2D eigenvalue weighted by molar-refractivity contribution is 14.1. The fourth-order valence-electron chi connectivity index (χ4n) is 3.67. The van der Waals surface area contributed by atoms with Crippen molar-refractivity contribution in [3.8, 4) is 5.75 Å². The zero-order valence-electron chi connectivity index (χ0n) is 17.8. The number of rotatable bonds is 5. The molecule has 1 unspecified atom stereocenters. The average molecular weight is 560 g/mol. The van der Waals surface area contributed by atoms with Crippen LogP contribution in [-0.4, -0.2) is 24.3 Å². The minimum absolute atomic E-state index is 0.192. The van der Waals surface area contributed by atoms with E-state index in [-0.39, 0.29) is 12.2 Å². The van der Waals surface area contributed by atoms with E-state index in [2.05, 4.69) is 27.6 Å². The Balaban J connectivity index is 1.92. The number of hydrogen-bond acceptors (Lipinski definition) is 6. The number of aromatic nitrogens is 1. The second-order valence-electron chi connectivity index (χ2n) is 7.11. The molecule has 1 aliphatic rings. The molecule has 2 aromatic carbocycles. The summed E-state index contributed by atoms with van der Waals surface area (Å²) >= 11 is 3.51. The summed E-state index contributed by atoms with van der Waals surface area (Å²) in [4.78, 5) is 31.5. The molecule has 0 N–H and O–H groups in total. The maximum absolute atomic E-state index is 13.5. The van der Waals surface area contributed by atoms with Crippen LogP contribution in [-0.2, 0) is 9.53 Å². The zero-order chi connectivity index (χ0) is 22.8. The monoisotopic (exact) mass is 560 g/mol. The van der Waals surface area contributed by atoms with E-state index in [4.69, 9.17) is 9.47 Å². The summed E-state index contributed by atoms with van der Waals surface area (Å²) in [6.07, 6.45) is 1.84. The number of methoxy groups -OCH3 is 1. The predicted molar refractivity (Wildman–Crippen MR) is 133 cm³/mol. The second kappa shape index (κ2) is 9.41. The number of halogens is 1. The van der Waals surface area contributed by atoms with Crippen molar-refractivity contribution >= 4 is 46.0 Å². The Morgan fingerprint density at radius 3 is 2.66 bits per heavy atom. The van der Waals surface area contributed by atoms with Crippen LogP contribution in [0.5, 0.6) is 5.75 Å². The molecule has 0 radical (unpaired) electrons. The summed E-state index contributed by atoms with van der Waals surface area (Å²) in [7, 11) is 1.63. The minimum atomic E-state index is -0.593. The maximum atomic E-state index is 13.5. The third kappa shape index (κ3) is 4.16. The van der Waals surface area contributed by atoms with Gasteiger partial charge in [-0.1, -0.05) is 47.7 Å². The van der Waals surface area contributed by atoms with Gasteiger partial charge in [-0.2, -0.15) is 0 Å². The van der Waals surface area contributed by atoms with Gasteiger partial charge in [0.25, 0.3) is 5.56 Å². The molecule has 0 fully saturated rings. The van der Waals surface area contributed by atoms with E-state index in [0.29, 0.717) is 20.6 Å². The average Bonchev–Trinajstić information content (AvgIpc) is 3.08. The Hall–Kier alpha value is -2.72. The largest absolute Gasteiger partial charge is 0.496 e. The highest BCUT2D eigenvalue weighted by Crippen LogP contribution is 2.30. The Labute approximate surface area is 202 Å². The SMILES string of the molecule is CCOC(=O)C1=C(C)N=c2sc(=Cc3ccc(OC)c(I)c3)c(=O)n2C1c1ccccc1. The lowest BCUT2D eigenvalue weighted by Crippen LogP contribution is -2.39. The Morgan fingerprint density at radius 2 is 2.00 bits per heavy atom. The van der Waals surface area contributed by atoms with E-state index in [9.17, 15) is 9.59 Å². The molecule has 164 valence electrons. The van der Waals surface area contributed by atoms with Crippen molar-refractivity contribution in [3.05, 3.63) is 94.2 Å². The summed E-state index contributed by atoms with van der Waals surface area (Å²) in [5.74, 6) is 0.324. The normalized spacial score (nSPS) is 15.9. The number of allylic oxidation sites excluding steroid dienone is 1. The number of hydrogen-bond donors (Lipinski definition) is 0. The fraction of sp³-hybridized carbons (Fsp3) is 0.208. The van der Waals surface area contributed by atoms with Gasteiger partial charge in [0.15, 0.2) is 4.80 Å². The van der Waals surface area contributed by atoms with Gasteiger partial charge >= 0.3 is 5.97 Å². The molecule has 0 amide bonds. The first-order chi connectivity index (χ1) is 15.4. The molecule has 0 saturated heterocycles. The van der Waals surface area contributed by atoms with Gasteiger partial charge in [-0.15, -0.1) is 0 Å². The molecule has 1 aromatic heterocycles. The predicted octanol–water partition coefficient (Wildman–Crippen LogP) is 3.41. The number of nitrogens with zero attached hydrogens (tertiary/aromatic N) is 2. The number of thiazole rings is 1. The van der Waals surface area contributed by atoms with Crippen molar-refractivity contribution in [3.63, 3.8) is 0 Å². The van der Waals surface area contributed by atoms with E-state index in [1.54, 1.807) is 25.5 Å². The number of esters is 1. The Bertz CT molecular complexity index is 1390. The van der Waals surface area contributed by atoms with Crippen LogP contribution in [0.4, 0.5) is 0 Å².